The molecule has 0 atom stereocenters. The van der Waals surface area contributed by atoms with Crippen LogP contribution >= 0.6 is 11.3 Å². The lowest BCUT2D eigenvalue weighted by Crippen LogP contribution is -2.35. The SMILES string of the molecule is CN(C)C(=O)c1sc(N2CCC(O)CC2)cc1N. The number of carbonyl (C=O) groups excluding carboxylic acids is 1. The highest BCUT2D eigenvalue weighted by Crippen LogP contribution is 2.34. The van der Waals surface area contributed by atoms with Crippen LogP contribution in [0.5, 0.6) is 0 Å². The summed E-state index contributed by atoms with van der Waals surface area (Å²) in [5, 5.41) is 10.5. The van der Waals surface area contributed by atoms with Crippen LogP contribution in [0.4, 0.5) is 10.7 Å². The van der Waals surface area contributed by atoms with E-state index in [1.165, 1.54) is 16.2 Å². The molecule has 1 aromatic rings. The number of aliphatic hydroxyl groups is 1. The van der Waals surface area contributed by atoms with E-state index in [-0.39, 0.29) is 12.0 Å². The first kappa shape index (κ1) is 13.2. The number of piperidine rings is 1. The van der Waals surface area contributed by atoms with Gasteiger partial charge in [0.1, 0.15) is 4.88 Å². The van der Waals surface area contributed by atoms with E-state index in [0.29, 0.717) is 10.6 Å². The zero-order valence-electron chi connectivity index (χ0n) is 10.7. The number of hydrogen-bond donors (Lipinski definition) is 2. The molecule has 100 valence electrons. The molecule has 1 aromatic heterocycles. The van der Waals surface area contributed by atoms with Crippen molar-refractivity contribution in [3.05, 3.63) is 10.9 Å². The van der Waals surface area contributed by atoms with Crippen LogP contribution in [-0.4, -0.2) is 49.2 Å². The van der Waals surface area contributed by atoms with Gasteiger partial charge in [-0.25, -0.2) is 0 Å². The molecule has 0 radical (unpaired) electrons. The fourth-order valence-electron chi connectivity index (χ4n) is 2.00. The number of anilines is 2. The Bertz CT molecular complexity index is 437. The van der Waals surface area contributed by atoms with Crippen molar-refractivity contribution in [1.82, 2.24) is 4.90 Å². The maximum Gasteiger partial charge on any atom is 0.265 e. The second-order valence-electron chi connectivity index (χ2n) is 4.79. The average Bonchev–Trinajstić information content (AvgIpc) is 2.71. The third kappa shape index (κ3) is 2.59. The van der Waals surface area contributed by atoms with Crippen molar-refractivity contribution in [1.29, 1.82) is 0 Å². The van der Waals surface area contributed by atoms with Crippen molar-refractivity contribution in [2.75, 3.05) is 37.8 Å². The summed E-state index contributed by atoms with van der Waals surface area (Å²) in [5.74, 6) is -0.0548. The van der Waals surface area contributed by atoms with Crippen LogP contribution in [0.2, 0.25) is 0 Å². The van der Waals surface area contributed by atoms with Gasteiger partial charge in [0.2, 0.25) is 0 Å². The molecule has 0 saturated carbocycles. The maximum atomic E-state index is 11.9. The number of thiophene rings is 1. The summed E-state index contributed by atoms with van der Waals surface area (Å²) in [6.45, 7) is 1.63. The van der Waals surface area contributed by atoms with Gasteiger partial charge in [0.25, 0.3) is 5.91 Å². The Balaban J connectivity index is 2.16. The quantitative estimate of drug-likeness (QED) is 0.840. The van der Waals surface area contributed by atoms with Crippen molar-refractivity contribution in [3.8, 4) is 0 Å². The van der Waals surface area contributed by atoms with E-state index >= 15 is 0 Å². The fourth-order valence-corrected chi connectivity index (χ4v) is 3.16. The van der Waals surface area contributed by atoms with Gasteiger partial charge in [0, 0.05) is 27.2 Å². The Morgan fingerprint density at radius 3 is 2.67 bits per heavy atom. The minimum absolute atomic E-state index is 0.0548. The third-order valence-electron chi connectivity index (χ3n) is 3.12. The summed E-state index contributed by atoms with van der Waals surface area (Å²) in [6, 6.07) is 1.86. The molecule has 6 heteroatoms. The van der Waals surface area contributed by atoms with Gasteiger partial charge in [-0.15, -0.1) is 11.3 Å². The maximum absolute atomic E-state index is 11.9. The molecule has 3 N–H and O–H groups in total. The molecule has 0 spiro atoms. The van der Waals surface area contributed by atoms with Gasteiger partial charge in [-0.05, 0) is 18.9 Å². The number of rotatable bonds is 2. The number of aliphatic hydroxyl groups excluding tert-OH is 1. The molecule has 2 rings (SSSR count). The second kappa shape index (κ2) is 5.16. The van der Waals surface area contributed by atoms with E-state index in [1.807, 2.05) is 6.07 Å². The lowest BCUT2D eigenvalue weighted by Gasteiger charge is -2.30. The predicted octanol–water partition coefficient (Wildman–Crippen LogP) is 0.993. The Morgan fingerprint density at radius 2 is 2.11 bits per heavy atom. The molecule has 2 heterocycles. The number of nitrogens with zero attached hydrogens (tertiary/aromatic N) is 2. The first-order valence-electron chi connectivity index (χ1n) is 6.03. The van der Waals surface area contributed by atoms with Crippen LogP contribution in [-0.2, 0) is 0 Å². The Kier molecular flexibility index (Phi) is 3.77. The van der Waals surface area contributed by atoms with Gasteiger partial charge >= 0.3 is 0 Å². The van der Waals surface area contributed by atoms with Crippen molar-refractivity contribution in [2.24, 2.45) is 0 Å². The van der Waals surface area contributed by atoms with Gasteiger partial charge in [-0.2, -0.15) is 0 Å². The molecule has 1 aliphatic heterocycles. The van der Waals surface area contributed by atoms with E-state index in [0.717, 1.165) is 30.9 Å². The summed E-state index contributed by atoms with van der Waals surface area (Å²) < 4.78 is 0. The Morgan fingerprint density at radius 1 is 1.50 bits per heavy atom. The van der Waals surface area contributed by atoms with Gasteiger partial charge < -0.3 is 20.6 Å². The number of nitrogens with two attached hydrogens (primary N) is 1. The second-order valence-corrected chi connectivity index (χ2v) is 5.82. The predicted molar refractivity (Wildman–Crippen MR) is 74.2 cm³/mol. The van der Waals surface area contributed by atoms with E-state index in [2.05, 4.69) is 4.90 Å². The normalized spacial score (nSPS) is 16.9. The van der Waals surface area contributed by atoms with Crippen molar-refractivity contribution >= 4 is 27.9 Å². The van der Waals surface area contributed by atoms with Crippen LogP contribution in [0.1, 0.15) is 22.5 Å². The highest BCUT2D eigenvalue weighted by molar-refractivity contribution is 7.18. The van der Waals surface area contributed by atoms with E-state index in [1.54, 1.807) is 14.1 Å². The molecule has 0 bridgehead atoms. The monoisotopic (exact) mass is 269 g/mol. The lowest BCUT2D eigenvalue weighted by atomic mass is 10.1. The van der Waals surface area contributed by atoms with E-state index in [4.69, 9.17) is 5.73 Å². The zero-order chi connectivity index (χ0) is 13.3. The van der Waals surface area contributed by atoms with E-state index < -0.39 is 0 Å². The lowest BCUT2D eigenvalue weighted by molar-refractivity contribution is 0.0833. The van der Waals surface area contributed by atoms with Crippen LogP contribution in [0.15, 0.2) is 6.07 Å². The standard InChI is InChI=1S/C12H19N3O2S/c1-14(2)12(17)11-9(13)7-10(18-11)15-5-3-8(16)4-6-15/h7-8,16H,3-6,13H2,1-2H3. The number of carbonyl (C=O) groups is 1. The molecule has 1 aliphatic rings. The summed E-state index contributed by atoms with van der Waals surface area (Å²) >= 11 is 1.43. The fraction of sp³-hybridized carbons (Fsp3) is 0.583. The molecule has 1 saturated heterocycles. The minimum atomic E-state index is -0.193. The van der Waals surface area contributed by atoms with Crippen LogP contribution in [0, 0.1) is 0 Å². The third-order valence-corrected chi connectivity index (χ3v) is 4.32. The number of nitrogen functional groups attached to an aromatic ring is 1. The highest BCUT2D eigenvalue weighted by Gasteiger charge is 2.22. The molecule has 0 unspecified atom stereocenters. The Hall–Kier alpha value is -1.27. The molecule has 0 aliphatic carbocycles. The van der Waals surface area contributed by atoms with E-state index in [9.17, 15) is 9.90 Å². The summed E-state index contributed by atoms with van der Waals surface area (Å²) in [4.78, 5) is 16.2. The molecule has 5 nitrogen and oxygen atoms in total. The van der Waals surface area contributed by atoms with Gasteiger partial charge in [-0.3, -0.25) is 4.79 Å². The zero-order valence-corrected chi connectivity index (χ0v) is 11.5. The molecule has 18 heavy (non-hydrogen) atoms. The smallest absolute Gasteiger partial charge is 0.265 e. The molecular weight excluding hydrogens is 250 g/mol. The van der Waals surface area contributed by atoms with Crippen LogP contribution < -0.4 is 10.6 Å². The summed E-state index contributed by atoms with van der Waals surface area (Å²) in [6.07, 6.45) is 1.35. The molecule has 0 aromatic carbocycles. The average molecular weight is 269 g/mol. The van der Waals surface area contributed by atoms with Gasteiger partial charge in [0.15, 0.2) is 0 Å². The largest absolute Gasteiger partial charge is 0.397 e. The van der Waals surface area contributed by atoms with Crippen molar-refractivity contribution in [3.63, 3.8) is 0 Å². The topological polar surface area (TPSA) is 69.8 Å². The number of hydrogen-bond acceptors (Lipinski definition) is 5. The summed E-state index contributed by atoms with van der Waals surface area (Å²) in [5.41, 5.74) is 6.44. The summed E-state index contributed by atoms with van der Waals surface area (Å²) in [7, 11) is 3.44. The van der Waals surface area contributed by atoms with Crippen molar-refractivity contribution < 1.29 is 9.90 Å². The Labute approximate surface area is 111 Å². The minimum Gasteiger partial charge on any atom is -0.397 e. The first-order valence-corrected chi connectivity index (χ1v) is 6.84. The first-order chi connectivity index (χ1) is 8.49. The van der Waals surface area contributed by atoms with Crippen LogP contribution in [0.3, 0.4) is 0 Å². The van der Waals surface area contributed by atoms with Gasteiger partial charge in [-0.1, -0.05) is 0 Å². The van der Waals surface area contributed by atoms with Crippen LogP contribution in [0.25, 0.3) is 0 Å². The molecule has 1 amide bonds. The highest BCUT2D eigenvalue weighted by atomic mass is 32.1. The van der Waals surface area contributed by atoms with Crippen molar-refractivity contribution in [2.45, 2.75) is 18.9 Å². The molecule has 1 fully saturated rings. The van der Waals surface area contributed by atoms with Gasteiger partial charge in [0.05, 0.1) is 16.8 Å². The molecular formula is C12H19N3O2S. The number of amides is 1.